The Labute approximate surface area is 106 Å². The number of benzene rings is 2. The number of aromatic hydroxyl groups is 1. The first-order chi connectivity index (χ1) is 8.28. The number of halogens is 1. The summed E-state index contributed by atoms with van der Waals surface area (Å²) in [6.45, 7) is 0. The summed E-state index contributed by atoms with van der Waals surface area (Å²) in [4.78, 5) is 8.93. The number of phenolic OH excluding ortho intramolecular Hbond substituents is 1. The van der Waals surface area contributed by atoms with Gasteiger partial charge in [0.05, 0.1) is 16.6 Å². The van der Waals surface area contributed by atoms with Gasteiger partial charge in [-0.3, -0.25) is 0 Å². The van der Waals surface area contributed by atoms with E-state index < -0.39 is 0 Å². The van der Waals surface area contributed by atoms with Crippen LogP contribution in [-0.2, 0) is 5.33 Å². The van der Waals surface area contributed by atoms with E-state index in [0.29, 0.717) is 11.0 Å². The summed E-state index contributed by atoms with van der Waals surface area (Å²) in [7, 11) is 0. The predicted octanol–water partition coefficient (Wildman–Crippen LogP) is 3.38. The number of nitrogens with zero attached hydrogens (tertiary/aromatic N) is 2. The van der Waals surface area contributed by atoms with E-state index in [1.165, 1.54) is 0 Å². The van der Waals surface area contributed by atoms with Crippen LogP contribution in [0.2, 0.25) is 0 Å². The van der Waals surface area contributed by atoms with Gasteiger partial charge in [0.15, 0.2) is 0 Å². The number of phenols is 1. The largest absolute Gasteiger partial charge is 0.506 e. The van der Waals surface area contributed by atoms with E-state index in [9.17, 15) is 5.11 Å². The topological polar surface area (TPSA) is 46.0 Å². The highest BCUT2D eigenvalue weighted by molar-refractivity contribution is 9.08. The molecule has 0 aliphatic heterocycles. The fourth-order valence-corrected chi connectivity index (χ4v) is 2.16. The molecule has 0 saturated heterocycles. The minimum Gasteiger partial charge on any atom is -0.506 e. The van der Waals surface area contributed by atoms with Crippen LogP contribution >= 0.6 is 15.9 Å². The predicted molar refractivity (Wildman–Crippen MR) is 71.3 cm³/mol. The van der Waals surface area contributed by atoms with Crippen molar-refractivity contribution in [3.8, 4) is 5.75 Å². The average molecular weight is 289 g/mol. The lowest BCUT2D eigenvalue weighted by atomic mass is 10.2. The van der Waals surface area contributed by atoms with Crippen molar-refractivity contribution in [2.24, 2.45) is 0 Å². The summed E-state index contributed by atoms with van der Waals surface area (Å²) in [5.41, 5.74) is 4.06. The quantitative estimate of drug-likeness (QED) is 0.552. The minimum absolute atomic E-state index is 0.168. The van der Waals surface area contributed by atoms with Crippen molar-refractivity contribution >= 4 is 38.0 Å². The first kappa shape index (κ1) is 10.5. The number of hydrogen-bond acceptors (Lipinski definition) is 3. The van der Waals surface area contributed by atoms with Gasteiger partial charge in [-0.25, -0.2) is 9.97 Å². The highest BCUT2D eigenvalue weighted by Gasteiger charge is 2.05. The highest BCUT2D eigenvalue weighted by Crippen LogP contribution is 2.24. The number of rotatable bonds is 1. The molecule has 0 amide bonds. The Morgan fingerprint density at radius 2 is 1.88 bits per heavy atom. The molecule has 1 N–H and O–H groups in total. The first-order valence-corrected chi connectivity index (χ1v) is 6.34. The summed E-state index contributed by atoms with van der Waals surface area (Å²) >= 11 is 3.42. The Morgan fingerprint density at radius 1 is 1.00 bits per heavy atom. The lowest BCUT2D eigenvalue weighted by molar-refractivity contribution is 0.480. The molecule has 3 aromatic rings. The van der Waals surface area contributed by atoms with Crippen LogP contribution < -0.4 is 0 Å². The van der Waals surface area contributed by atoms with Crippen LogP contribution in [0.25, 0.3) is 22.1 Å². The molecular weight excluding hydrogens is 280 g/mol. The van der Waals surface area contributed by atoms with E-state index in [2.05, 4.69) is 25.9 Å². The Bertz CT molecular complexity index is 712. The second-order valence-electron chi connectivity index (χ2n) is 3.83. The van der Waals surface area contributed by atoms with Crippen molar-refractivity contribution in [2.75, 3.05) is 0 Å². The van der Waals surface area contributed by atoms with E-state index >= 15 is 0 Å². The van der Waals surface area contributed by atoms with E-state index in [1.807, 2.05) is 24.3 Å². The molecule has 0 saturated carbocycles. The van der Waals surface area contributed by atoms with E-state index in [4.69, 9.17) is 0 Å². The first-order valence-electron chi connectivity index (χ1n) is 5.22. The van der Waals surface area contributed by atoms with Crippen molar-refractivity contribution in [3.63, 3.8) is 0 Å². The molecule has 1 heterocycles. The molecule has 4 heteroatoms. The Hall–Kier alpha value is -1.68. The molecule has 1 aromatic heterocycles. The number of alkyl halides is 1. The summed E-state index contributed by atoms with van der Waals surface area (Å²) < 4.78 is 0. The zero-order chi connectivity index (χ0) is 11.8. The molecule has 84 valence electrons. The second kappa shape index (κ2) is 3.96. The van der Waals surface area contributed by atoms with Gasteiger partial charge in [0, 0.05) is 5.33 Å². The van der Waals surface area contributed by atoms with Crippen LogP contribution in [-0.4, -0.2) is 15.1 Å². The zero-order valence-corrected chi connectivity index (χ0v) is 10.5. The fraction of sp³-hybridized carbons (Fsp3) is 0.0769. The second-order valence-corrected chi connectivity index (χ2v) is 4.39. The molecular formula is C13H9BrN2O. The number of para-hydroxylation sites is 1. The minimum atomic E-state index is 0.168. The van der Waals surface area contributed by atoms with Gasteiger partial charge in [0.1, 0.15) is 11.3 Å². The summed E-state index contributed by atoms with van der Waals surface area (Å²) in [6.07, 6.45) is 0. The van der Waals surface area contributed by atoms with Gasteiger partial charge in [-0.15, -0.1) is 0 Å². The van der Waals surface area contributed by atoms with Crippen molar-refractivity contribution in [2.45, 2.75) is 5.33 Å². The van der Waals surface area contributed by atoms with Crippen molar-refractivity contribution in [1.29, 1.82) is 0 Å². The maximum atomic E-state index is 9.72. The molecule has 0 fully saturated rings. The van der Waals surface area contributed by atoms with Crippen LogP contribution in [0.4, 0.5) is 0 Å². The van der Waals surface area contributed by atoms with E-state index in [1.54, 1.807) is 12.1 Å². The van der Waals surface area contributed by atoms with Gasteiger partial charge in [0.25, 0.3) is 0 Å². The van der Waals surface area contributed by atoms with Crippen molar-refractivity contribution in [3.05, 3.63) is 42.0 Å². The van der Waals surface area contributed by atoms with Gasteiger partial charge in [-0.05, 0) is 29.8 Å². The third kappa shape index (κ3) is 1.74. The Morgan fingerprint density at radius 3 is 2.71 bits per heavy atom. The lowest BCUT2D eigenvalue weighted by Crippen LogP contribution is -1.89. The Kier molecular flexibility index (Phi) is 2.44. The number of hydrogen-bond donors (Lipinski definition) is 1. The van der Waals surface area contributed by atoms with Crippen LogP contribution in [0.1, 0.15) is 5.56 Å². The molecule has 2 aromatic carbocycles. The smallest absolute Gasteiger partial charge is 0.143 e. The average Bonchev–Trinajstić information content (AvgIpc) is 2.36. The van der Waals surface area contributed by atoms with Gasteiger partial charge >= 0.3 is 0 Å². The van der Waals surface area contributed by atoms with Crippen LogP contribution in [0, 0.1) is 0 Å². The van der Waals surface area contributed by atoms with Gasteiger partial charge in [-0.1, -0.05) is 28.1 Å². The highest BCUT2D eigenvalue weighted by atomic mass is 79.9. The monoisotopic (exact) mass is 288 g/mol. The summed E-state index contributed by atoms with van der Waals surface area (Å²) in [6, 6.07) is 11.2. The molecule has 0 spiro atoms. The van der Waals surface area contributed by atoms with Gasteiger partial charge in [-0.2, -0.15) is 0 Å². The van der Waals surface area contributed by atoms with E-state index in [0.717, 1.165) is 21.9 Å². The number of aromatic nitrogens is 2. The SMILES string of the molecule is Oc1cccc2nc3cc(CBr)ccc3nc12. The molecule has 0 aliphatic carbocycles. The molecule has 3 rings (SSSR count). The third-order valence-corrected chi connectivity index (χ3v) is 3.31. The molecule has 0 aliphatic rings. The third-order valence-electron chi connectivity index (χ3n) is 2.66. The standard InChI is InChI=1S/C13H9BrN2O/c14-7-8-4-5-9-11(6-8)15-10-2-1-3-12(17)13(10)16-9/h1-6,17H,7H2. The van der Waals surface area contributed by atoms with Crippen LogP contribution in [0.3, 0.4) is 0 Å². The van der Waals surface area contributed by atoms with Crippen LogP contribution in [0.5, 0.6) is 5.75 Å². The maximum Gasteiger partial charge on any atom is 0.143 e. The maximum absolute atomic E-state index is 9.72. The van der Waals surface area contributed by atoms with Crippen LogP contribution in [0.15, 0.2) is 36.4 Å². The normalized spacial score (nSPS) is 11.1. The van der Waals surface area contributed by atoms with Gasteiger partial charge in [0.2, 0.25) is 0 Å². The van der Waals surface area contributed by atoms with E-state index in [-0.39, 0.29) is 5.75 Å². The molecule has 0 bridgehead atoms. The van der Waals surface area contributed by atoms with Crippen molar-refractivity contribution in [1.82, 2.24) is 9.97 Å². The lowest BCUT2D eigenvalue weighted by Gasteiger charge is -2.03. The molecule has 0 atom stereocenters. The fourth-order valence-electron chi connectivity index (χ4n) is 1.81. The number of fused-ring (bicyclic) bond motifs is 2. The summed E-state index contributed by atoms with van der Waals surface area (Å²) in [5.74, 6) is 0.168. The Balaban J connectivity index is 2.39. The van der Waals surface area contributed by atoms with Gasteiger partial charge < -0.3 is 5.11 Å². The molecule has 0 radical (unpaired) electrons. The molecule has 0 unspecified atom stereocenters. The molecule has 3 nitrogen and oxygen atoms in total. The summed E-state index contributed by atoms with van der Waals surface area (Å²) in [5, 5.41) is 10.5. The van der Waals surface area contributed by atoms with Crippen molar-refractivity contribution < 1.29 is 5.11 Å². The molecule has 17 heavy (non-hydrogen) atoms. The zero-order valence-electron chi connectivity index (χ0n) is 8.89.